The van der Waals surface area contributed by atoms with E-state index in [1.165, 1.54) is 0 Å². The Labute approximate surface area is 110 Å². The molecule has 1 aromatic carbocycles. The molecule has 8 heteroatoms. The highest BCUT2D eigenvalue weighted by Crippen LogP contribution is 2.23. The zero-order valence-corrected chi connectivity index (χ0v) is 10.9. The summed E-state index contributed by atoms with van der Waals surface area (Å²) in [5.74, 6) is -2.26. The van der Waals surface area contributed by atoms with Crippen molar-refractivity contribution < 1.29 is 17.6 Å². The zero-order chi connectivity index (χ0) is 14.6. The summed E-state index contributed by atoms with van der Waals surface area (Å²) < 4.78 is 38.8. The molecule has 0 bridgehead atoms. The first-order chi connectivity index (χ1) is 8.82. The molecule has 0 spiro atoms. The quantitative estimate of drug-likeness (QED) is 0.838. The van der Waals surface area contributed by atoms with Crippen LogP contribution < -0.4 is 10.5 Å². The maximum absolute atomic E-state index is 13.4. The summed E-state index contributed by atoms with van der Waals surface area (Å²) in [5, 5.41) is 8.94. The van der Waals surface area contributed by atoms with Gasteiger partial charge in [-0.15, -0.1) is 0 Å². The molecule has 0 saturated carbocycles. The highest BCUT2D eigenvalue weighted by Gasteiger charge is 2.20. The lowest BCUT2D eigenvalue weighted by molar-refractivity contribution is 0.0996. The Balaban J connectivity index is 3.36. The molecular weight excluding hydrogens is 273 g/mol. The summed E-state index contributed by atoms with van der Waals surface area (Å²) >= 11 is 0. The molecule has 1 rings (SSSR count). The van der Waals surface area contributed by atoms with Gasteiger partial charge in [-0.1, -0.05) is 6.92 Å². The van der Waals surface area contributed by atoms with E-state index >= 15 is 0 Å². The van der Waals surface area contributed by atoms with Crippen LogP contribution in [0.2, 0.25) is 0 Å². The van der Waals surface area contributed by atoms with Crippen molar-refractivity contribution >= 4 is 21.6 Å². The second kappa shape index (κ2) is 5.67. The molecule has 0 atom stereocenters. The number of nitrogens with zero attached hydrogens (tertiary/aromatic N) is 1. The third-order valence-electron chi connectivity index (χ3n) is 2.25. The van der Waals surface area contributed by atoms with E-state index in [9.17, 15) is 17.6 Å². The number of primary amides is 1. The van der Waals surface area contributed by atoms with Crippen molar-refractivity contribution in [2.24, 2.45) is 5.73 Å². The molecule has 102 valence electrons. The zero-order valence-electron chi connectivity index (χ0n) is 10.1. The van der Waals surface area contributed by atoms with Crippen LogP contribution in [0.5, 0.6) is 0 Å². The van der Waals surface area contributed by atoms with Crippen molar-refractivity contribution in [1.82, 2.24) is 0 Å². The fraction of sp³-hybridized carbons (Fsp3) is 0.273. The third-order valence-corrected chi connectivity index (χ3v) is 3.73. The molecule has 0 unspecified atom stereocenters. The van der Waals surface area contributed by atoms with Gasteiger partial charge in [0.15, 0.2) is 0 Å². The first-order valence-corrected chi connectivity index (χ1v) is 7.00. The third kappa shape index (κ3) is 3.42. The summed E-state index contributed by atoms with van der Waals surface area (Å²) in [6, 6.07) is 3.54. The van der Waals surface area contributed by atoms with Crippen LogP contribution in [0.3, 0.4) is 0 Å². The Morgan fingerprint density at radius 2 is 2.16 bits per heavy atom. The predicted octanol–water partition coefficient (Wildman–Crippen LogP) is 0.948. The number of sulfonamides is 1. The van der Waals surface area contributed by atoms with Crippen molar-refractivity contribution in [2.75, 3.05) is 10.5 Å². The summed E-state index contributed by atoms with van der Waals surface area (Å²) in [7, 11) is -3.65. The van der Waals surface area contributed by atoms with Crippen LogP contribution in [0.4, 0.5) is 10.1 Å². The maximum atomic E-state index is 13.4. The van der Waals surface area contributed by atoms with Gasteiger partial charge < -0.3 is 5.73 Å². The molecule has 0 heterocycles. The lowest BCUT2D eigenvalue weighted by atomic mass is 10.1. The average molecular weight is 285 g/mol. The topological polar surface area (TPSA) is 113 Å². The van der Waals surface area contributed by atoms with Gasteiger partial charge >= 0.3 is 0 Å². The first kappa shape index (κ1) is 14.9. The summed E-state index contributed by atoms with van der Waals surface area (Å²) in [6.45, 7) is 1.67. The smallest absolute Gasteiger partial charge is 0.253 e. The second-order valence-corrected chi connectivity index (χ2v) is 5.58. The molecule has 6 nitrogen and oxygen atoms in total. The maximum Gasteiger partial charge on any atom is 0.253 e. The number of halogens is 1. The number of amides is 1. The number of nitriles is 1. The molecule has 0 aliphatic carbocycles. The number of benzene rings is 1. The largest absolute Gasteiger partial charge is 0.365 e. The lowest BCUT2D eigenvalue weighted by Crippen LogP contribution is -2.20. The number of anilines is 1. The van der Waals surface area contributed by atoms with Gasteiger partial charge in [0.25, 0.3) is 5.91 Å². The number of nitrogens with one attached hydrogen (secondary N) is 1. The minimum atomic E-state index is -3.65. The highest BCUT2D eigenvalue weighted by atomic mass is 32.2. The van der Waals surface area contributed by atoms with Gasteiger partial charge in [-0.25, -0.2) is 12.8 Å². The van der Waals surface area contributed by atoms with Crippen LogP contribution in [0.1, 0.15) is 29.3 Å². The summed E-state index contributed by atoms with van der Waals surface area (Å²) in [5.41, 5.74) is 3.76. The van der Waals surface area contributed by atoms with Crippen molar-refractivity contribution in [3.05, 3.63) is 29.1 Å². The standard InChI is InChI=1S/C11H12FN3O3S/c1-2-5-19(17,18)15-9-4-3-8(12)10(11(14)16)7(9)6-13/h3-4,15H,2,5H2,1H3,(H2,14,16). The van der Waals surface area contributed by atoms with Gasteiger partial charge in [0.2, 0.25) is 10.0 Å². The molecule has 3 N–H and O–H groups in total. The Hall–Kier alpha value is -2.14. The minimum absolute atomic E-state index is 0.152. The van der Waals surface area contributed by atoms with E-state index in [1.54, 1.807) is 13.0 Å². The number of hydrogen-bond donors (Lipinski definition) is 2. The normalized spacial score (nSPS) is 10.8. The van der Waals surface area contributed by atoms with Gasteiger partial charge in [-0.2, -0.15) is 5.26 Å². The van der Waals surface area contributed by atoms with Crippen molar-refractivity contribution in [1.29, 1.82) is 5.26 Å². The first-order valence-electron chi connectivity index (χ1n) is 5.35. The Morgan fingerprint density at radius 3 is 2.63 bits per heavy atom. The summed E-state index contributed by atoms with van der Waals surface area (Å²) in [6.07, 6.45) is 0.376. The number of carbonyl (C=O) groups is 1. The van der Waals surface area contributed by atoms with Crippen molar-refractivity contribution in [3.63, 3.8) is 0 Å². The van der Waals surface area contributed by atoms with E-state index in [0.29, 0.717) is 6.42 Å². The molecule has 1 aromatic rings. The van der Waals surface area contributed by atoms with Crippen LogP contribution in [-0.2, 0) is 10.0 Å². The fourth-order valence-corrected chi connectivity index (χ4v) is 2.65. The molecule has 0 aliphatic rings. The molecule has 0 radical (unpaired) electrons. The molecule has 0 saturated heterocycles. The van der Waals surface area contributed by atoms with Crippen LogP contribution in [0, 0.1) is 17.1 Å². The van der Waals surface area contributed by atoms with E-state index in [0.717, 1.165) is 12.1 Å². The van der Waals surface area contributed by atoms with Crippen LogP contribution in [0.15, 0.2) is 12.1 Å². The van der Waals surface area contributed by atoms with Gasteiger partial charge in [0.1, 0.15) is 11.9 Å². The number of carbonyl (C=O) groups excluding carboxylic acids is 1. The van der Waals surface area contributed by atoms with E-state index in [-0.39, 0.29) is 11.4 Å². The monoisotopic (exact) mass is 285 g/mol. The second-order valence-electron chi connectivity index (χ2n) is 3.74. The van der Waals surface area contributed by atoms with Crippen LogP contribution in [0.25, 0.3) is 0 Å². The number of hydrogen-bond acceptors (Lipinski definition) is 4. The Morgan fingerprint density at radius 1 is 1.53 bits per heavy atom. The van der Waals surface area contributed by atoms with Crippen molar-refractivity contribution in [3.8, 4) is 6.07 Å². The van der Waals surface area contributed by atoms with E-state index in [4.69, 9.17) is 11.0 Å². The van der Waals surface area contributed by atoms with E-state index in [1.807, 2.05) is 0 Å². The molecule has 19 heavy (non-hydrogen) atoms. The van der Waals surface area contributed by atoms with Gasteiger partial charge in [0.05, 0.1) is 22.6 Å². The molecule has 0 aliphatic heterocycles. The van der Waals surface area contributed by atoms with Crippen LogP contribution >= 0.6 is 0 Å². The Kier molecular flexibility index (Phi) is 4.45. The van der Waals surface area contributed by atoms with Gasteiger partial charge in [-0.05, 0) is 18.6 Å². The molecule has 1 amide bonds. The van der Waals surface area contributed by atoms with E-state index in [2.05, 4.69) is 4.72 Å². The Bertz CT molecular complexity index is 650. The van der Waals surface area contributed by atoms with E-state index < -0.39 is 32.9 Å². The number of rotatable bonds is 5. The highest BCUT2D eigenvalue weighted by molar-refractivity contribution is 7.92. The van der Waals surface area contributed by atoms with Crippen molar-refractivity contribution in [2.45, 2.75) is 13.3 Å². The van der Waals surface area contributed by atoms with Crippen LogP contribution in [-0.4, -0.2) is 20.1 Å². The summed E-state index contributed by atoms with van der Waals surface area (Å²) in [4.78, 5) is 11.1. The average Bonchev–Trinajstić information content (AvgIpc) is 2.29. The van der Waals surface area contributed by atoms with Gasteiger partial charge in [-0.3, -0.25) is 9.52 Å². The number of nitrogens with two attached hydrogens (primary N) is 1. The fourth-order valence-electron chi connectivity index (χ4n) is 1.51. The van der Waals surface area contributed by atoms with Gasteiger partial charge in [0, 0.05) is 0 Å². The SMILES string of the molecule is CCCS(=O)(=O)Nc1ccc(F)c(C(N)=O)c1C#N. The minimum Gasteiger partial charge on any atom is -0.365 e. The lowest BCUT2D eigenvalue weighted by Gasteiger charge is -2.11. The molecular formula is C11H12FN3O3S. The predicted molar refractivity (Wildman–Crippen MR) is 67.3 cm³/mol. The molecule has 0 aromatic heterocycles. The molecule has 0 fully saturated rings.